The Balaban J connectivity index is 0.736. The predicted octanol–water partition coefficient (Wildman–Crippen LogP) is 5.40. The van der Waals surface area contributed by atoms with E-state index in [0.717, 1.165) is 113 Å². The fourth-order valence-corrected chi connectivity index (χ4v) is 10.6. The highest BCUT2D eigenvalue weighted by Crippen LogP contribution is 2.49. The molecule has 3 saturated heterocycles. The number of alkyl halides is 2. The van der Waals surface area contributed by atoms with Gasteiger partial charge in [-0.15, -0.1) is 0 Å². The van der Waals surface area contributed by atoms with Gasteiger partial charge in [-0.2, -0.15) is 13.8 Å². The smallest absolute Gasteiger partial charge is 0.342 e. The van der Waals surface area contributed by atoms with E-state index in [2.05, 4.69) is 46.8 Å². The maximum absolute atomic E-state index is 15.1. The van der Waals surface area contributed by atoms with Crippen LogP contribution in [0, 0.1) is 11.3 Å². The van der Waals surface area contributed by atoms with Crippen molar-refractivity contribution in [3.63, 3.8) is 0 Å². The Labute approximate surface area is 360 Å². The van der Waals surface area contributed by atoms with Gasteiger partial charge in [-0.05, 0) is 113 Å². The number of fused-ring (bicyclic) bond motifs is 1. The molecular weight excluding hydrogens is 799 g/mol. The minimum atomic E-state index is -3.57. The third kappa shape index (κ3) is 8.51. The van der Waals surface area contributed by atoms with Gasteiger partial charge in [0.05, 0.1) is 49.0 Å². The van der Waals surface area contributed by atoms with E-state index in [0.29, 0.717) is 35.8 Å². The molecule has 17 heteroatoms. The van der Waals surface area contributed by atoms with Gasteiger partial charge >= 0.3 is 5.92 Å². The Morgan fingerprint density at radius 3 is 2.40 bits per heavy atom. The summed E-state index contributed by atoms with van der Waals surface area (Å²) in [7, 11) is 2.84. The number of carbonyl (C=O) groups excluding carboxylic acids is 4. The van der Waals surface area contributed by atoms with Crippen molar-refractivity contribution in [2.45, 2.75) is 101 Å². The Morgan fingerprint density at radius 1 is 0.952 bits per heavy atom. The summed E-state index contributed by atoms with van der Waals surface area (Å²) in [5.41, 5.74) is 3.27. The lowest BCUT2D eigenvalue weighted by molar-refractivity contribution is -0.140. The highest BCUT2D eigenvalue weighted by molar-refractivity contribution is 6.02. The average Bonchev–Trinajstić information content (AvgIpc) is 3.79. The third-order valence-corrected chi connectivity index (χ3v) is 14.3. The van der Waals surface area contributed by atoms with Gasteiger partial charge in [0.1, 0.15) is 11.4 Å². The SMILES string of the molecule is COc1cc(C(=O)NC2CC3(CCN(CC4CCN(c5ccc(C6CCC(=O)NC6=O)nc5)CC4)CC3)C2)ccc1Nc1ncc2c(n1)N(C1CCCC1)CC(F)(F)C(=O)N2C. The van der Waals surface area contributed by atoms with Gasteiger partial charge in [-0.25, -0.2) is 4.98 Å². The van der Waals surface area contributed by atoms with E-state index < -0.39 is 18.4 Å². The van der Waals surface area contributed by atoms with Gasteiger partial charge in [0.15, 0.2) is 5.82 Å². The van der Waals surface area contributed by atoms with Crippen LogP contribution in [0.15, 0.2) is 42.7 Å². The number of rotatable bonds is 10. The van der Waals surface area contributed by atoms with Crippen molar-refractivity contribution >= 4 is 52.5 Å². The molecule has 9 rings (SSSR count). The van der Waals surface area contributed by atoms with Crippen LogP contribution in [0.5, 0.6) is 5.75 Å². The van der Waals surface area contributed by atoms with Gasteiger partial charge in [0, 0.05) is 50.7 Å². The van der Waals surface area contributed by atoms with E-state index in [1.807, 2.05) is 12.3 Å². The molecule has 1 unspecified atom stereocenters. The van der Waals surface area contributed by atoms with Crippen LogP contribution in [-0.2, 0) is 14.4 Å². The van der Waals surface area contributed by atoms with Crippen LogP contribution in [-0.4, -0.2) is 115 Å². The third-order valence-electron chi connectivity index (χ3n) is 14.3. The standard InChI is InChI=1S/C45H56F2N10O5/c1-54-36-25-49-43(53-39(36)57(31-5-3-4-6-31)27-45(46,47)42(54)61)51-35-10-7-29(21-37(35)62-2)40(59)50-30-22-44(23-30)15-19-55(20-16-44)26-28-13-17-56(18-14-28)32-8-11-34(48-24-32)33-9-12-38(58)52-41(33)60/h7-8,10-11,21,24-25,28,30-31,33H,3-6,9,12-20,22-23,26-27H2,1-2H3,(H,50,59)(H,49,51,53)(H,52,58,60). The number of carbonyl (C=O) groups is 4. The quantitative estimate of drug-likeness (QED) is 0.223. The topological polar surface area (TPSA) is 165 Å². The number of imide groups is 1. The zero-order valence-corrected chi connectivity index (χ0v) is 35.5. The number of anilines is 5. The van der Waals surface area contributed by atoms with Crippen molar-refractivity contribution in [3.8, 4) is 5.75 Å². The summed E-state index contributed by atoms with van der Waals surface area (Å²) in [6, 6.07) is 9.06. The highest BCUT2D eigenvalue weighted by atomic mass is 19.3. The number of halogens is 2. The van der Waals surface area contributed by atoms with Crippen molar-refractivity contribution < 1.29 is 32.7 Å². The second kappa shape index (κ2) is 17.0. The zero-order chi connectivity index (χ0) is 43.2. The molecule has 6 heterocycles. The van der Waals surface area contributed by atoms with Crippen LogP contribution in [0.1, 0.15) is 99.0 Å². The largest absolute Gasteiger partial charge is 0.495 e. The molecule has 3 aromatic rings. The number of nitrogens with one attached hydrogen (secondary N) is 3. The molecule has 0 bridgehead atoms. The fourth-order valence-electron chi connectivity index (χ4n) is 10.6. The maximum atomic E-state index is 15.1. The molecule has 0 radical (unpaired) electrons. The number of hydrogen-bond donors (Lipinski definition) is 3. The summed E-state index contributed by atoms with van der Waals surface area (Å²) in [6.45, 7) is 4.47. The molecule has 6 aliphatic rings. The van der Waals surface area contributed by atoms with Crippen LogP contribution in [0.3, 0.4) is 0 Å². The average molecular weight is 855 g/mol. The van der Waals surface area contributed by atoms with Gasteiger partial charge in [-0.1, -0.05) is 12.8 Å². The number of likely N-dealkylation sites (tertiary alicyclic amines) is 1. The van der Waals surface area contributed by atoms with Gasteiger partial charge in [0.25, 0.3) is 11.8 Å². The Morgan fingerprint density at radius 2 is 1.71 bits per heavy atom. The van der Waals surface area contributed by atoms with Crippen molar-refractivity contribution in [2.75, 3.05) is 73.4 Å². The lowest BCUT2D eigenvalue weighted by atomic mass is 9.60. The number of nitrogens with zero attached hydrogens (tertiary/aromatic N) is 7. The van der Waals surface area contributed by atoms with Crippen LogP contribution in [0.2, 0.25) is 0 Å². The highest BCUT2D eigenvalue weighted by Gasteiger charge is 2.49. The number of pyridine rings is 1. The Kier molecular flexibility index (Phi) is 11.5. The second-order valence-electron chi connectivity index (χ2n) is 18.3. The molecule has 1 atom stereocenters. The Bertz CT molecular complexity index is 2180. The lowest BCUT2D eigenvalue weighted by Gasteiger charge is -2.52. The summed E-state index contributed by atoms with van der Waals surface area (Å²) in [5.74, 6) is -4.36. The van der Waals surface area contributed by atoms with Crippen LogP contribution >= 0.6 is 0 Å². The zero-order valence-electron chi connectivity index (χ0n) is 35.5. The minimum Gasteiger partial charge on any atom is -0.495 e. The molecule has 5 fully saturated rings. The first-order chi connectivity index (χ1) is 29.9. The second-order valence-corrected chi connectivity index (χ2v) is 18.3. The molecular formula is C45H56F2N10O5. The summed E-state index contributed by atoms with van der Waals surface area (Å²) >= 11 is 0. The van der Waals surface area contributed by atoms with E-state index in [1.165, 1.54) is 20.4 Å². The van der Waals surface area contributed by atoms with E-state index in [9.17, 15) is 19.2 Å². The van der Waals surface area contributed by atoms with Crippen molar-refractivity contribution in [1.29, 1.82) is 0 Å². The number of benzene rings is 1. The molecule has 1 aromatic carbocycles. The molecule has 330 valence electrons. The first-order valence-corrected chi connectivity index (χ1v) is 22.2. The van der Waals surface area contributed by atoms with Crippen molar-refractivity contribution in [3.05, 3.63) is 54.0 Å². The number of methoxy groups -OCH3 is 1. The van der Waals surface area contributed by atoms with Gasteiger partial charge in [0.2, 0.25) is 17.8 Å². The van der Waals surface area contributed by atoms with E-state index in [-0.39, 0.29) is 58.6 Å². The normalized spacial score (nSPS) is 23.5. The number of amides is 4. The Hall–Kier alpha value is -5.45. The molecule has 2 saturated carbocycles. The fraction of sp³-hybridized carbons (Fsp3) is 0.578. The predicted molar refractivity (Wildman–Crippen MR) is 229 cm³/mol. The van der Waals surface area contributed by atoms with Crippen LogP contribution in [0.4, 0.5) is 37.6 Å². The van der Waals surface area contributed by atoms with Crippen molar-refractivity contribution in [2.24, 2.45) is 11.3 Å². The monoisotopic (exact) mass is 854 g/mol. The van der Waals surface area contributed by atoms with Crippen molar-refractivity contribution in [1.82, 2.24) is 30.5 Å². The number of aromatic nitrogens is 3. The number of piperidine rings is 3. The molecule has 15 nitrogen and oxygen atoms in total. The summed E-state index contributed by atoms with van der Waals surface area (Å²) < 4.78 is 35.8. The van der Waals surface area contributed by atoms with E-state index >= 15 is 8.78 Å². The van der Waals surface area contributed by atoms with Gasteiger partial charge < -0.3 is 35.0 Å². The molecule has 62 heavy (non-hydrogen) atoms. The molecule has 1 spiro atoms. The maximum Gasteiger partial charge on any atom is 0.342 e. The first-order valence-electron chi connectivity index (χ1n) is 22.2. The minimum absolute atomic E-state index is 0.114. The van der Waals surface area contributed by atoms with E-state index in [4.69, 9.17) is 4.74 Å². The molecule has 4 amide bonds. The molecule has 3 N–H and O–H groups in total. The molecule has 2 aromatic heterocycles. The summed E-state index contributed by atoms with van der Waals surface area (Å²) in [6.07, 6.45) is 13.9. The van der Waals surface area contributed by atoms with Gasteiger partial charge in [-0.3, -0.25) is 29.5 Å². The summed E-state index contributed by atoms with van der Waals surface area (Å²) in [4.78, 5) is 71.1. The van der Waals surface area contributed by atoms with Crippen LogP contribution < -0.4 is 35.4 Å². The molecule has 2 aliphatic carbocycles. The summed E-state index contributed by atoms with van der Waals surface area (Å²) in [5, 5.41) is 8.81. The number of hydrogen-bond acceptors (Lipinski definition) is 12. The van der Waals surface area contributed by atoms with Crippen LogP contribution in [0.25, 0.3) is 0 Å². The lowest BCUT2D eigenvalue weighted by Crippen LogP contribution is -2.55. The first kappa shape index (κ1) is 41.9. The van der Waals surface area contributed by atoms with E-state index in [1.54, 1.807) is 23.1 Å². The number of ether oxygens (including phenoxy) is 1. The molecule has 4 aliphatic heterocycles.